The van der Waals surface area contributed by atoms with Crippen LogP contribution in [0.3, 0.4) is 0 Å². The molecule has 0 radical (unpaired) electrons. The second-order valence-electron chi connectivity index (χ2n) is 6.76. The zero-order chi connectivity index (χ0) is 16.5. The molecule has 0 heterocycles. The fraction of sp³-hybridized carbons (Fsp3) is 0.950. The Morgan fingerprint density at radius 2 is 1.09 bits per heavy atom. The number of carbonyl (C=O) groups is 1. The Morgan fingerprint density at radius 3 is 1.59 bits per heavy atom. The molecule has 0 aromatic heterocycles. The van der Waals surface area contributed by atoms with Gasteiger partial charge in [-0.15, -0.1) is 0 Å². The van der Waals surface area contributed by atoms with E-state index in [9.17, 15) is 9.90 Å². The zero-order valence-corrected chi connectivity index (χ0v) is 15.2. The van der Waals surface area contributed by atoms with Gasteiger partial charge in [0.15, 0.2) is 5.78 Å². The summed E-state index contributed by atoms with van der Waals surface area (Å²) in [5, 5.41) is 9.88. The van der Waals surface area contributed by atoms with E-state index in [1.165, 1.54) is 64.2 Å². The van der Waals surface area contributed by atoms with E-state index in [2.05, 4.69) is 13.8 Å². The monoisotopic (exact) mass is 312 g/mol. The summed E-state index contributed by atoms with van der Waals surface area (Å²) in [6, 6.07) is 0. The van der Waals surface area contributed by atoms with E-state index >= 15 is 0 Å². The minimum Gasteiger partial charge on any atom is -0.385 e. The molecule has 0 amide bonds. The average molecular weight is 313 g/mol. The summed E-state index contributed by atoms with van der Waals surface area (Å²) in [5.41, 5.74) is 0. The summed E-state index contributed by atoms with van der Waals surface area (Å²) in [6.45, 7) is 4.46. The third-order valence-electron chi connectivity index (χ3n) is 4.48. The van der Waals surface area contributed by atoms with Crippen molar-refractivity contribution in [2.45, 2.75) is 123 Å². The number of hydrogen-bond donors (Lipinski definition) is 1. The first-order chi connectivity index (χ1) is 10.7. The molecule has 0 rings (SSSR count). The van der Waals surface area contributed by atoms with Crippen molar-refractivity contribution < 1.29 is 9.90 Å². The van der Waals surface area contributed by atoms with Gasteiger partial charge in [0.2, 0.25) is 0 Å². The molecule has 132 valence electrons. The van der Waals surface area contributed by atoms with Crippen LogP contribution in [0.5, 0.6) is 0 Å². The van der Waals surface area contributed by atoms with Crippen LogP contribution in [0.25, 0.3) is 0 Å². The van der Waals surface area contributed by atoms with Crippen LogP contribution in [0.2, 0.25) is 0 Å². The number of rotatable bonds is 17. The first-order valence-corrected chi connectivity index (χ1v) is 9.93. The SMILES string of the molecule is CCCCCCCCCC(=O)[C@H](O)CCCCCCCCC. The van der Waals surface area contributed by atoms with Gasteiger partial charge >= 0.3 is 0 Å². The molecule has 1 N–H and O–H groups in total. The van der Waals surface area contributed by atoms with Crippen molar-refractivity contribution in [1.82, 2.24) is 0 Å². The largest absolute Gasteiger partial charge is 0.385 e. The molecule has 0 aliphatic carbocycles. The van der Waals surface area contributed by atoms with Crippen molar-refractivity contribution in [3.63, 3.8) is 0 Å². The Balaban J connectivity index is 3.36. The summed E-state index contributed by atoms with van der Waals surface area (Å²) in [5.74, 6) is 0.0690. The topological polar surface area (TPSA) is 37.3 Å². The summed E-state index contributed by atoms with van der Waals surface area (Å²) in [6.07, 6.45) is 17.8. The molecule has 0 saturated carbocycles. The molecule has 0 bridgehead atoms. The quantitative estimate of drug-likeness (QED) is 0.325. The van der Waals surface area contributed by atoms with Crippen molar-refractivity contribution in [3.05, 3.63) is 0 Å². The van der Waals surface area contributed by atoms with Gasteiger partial charge in [-0.2, -0.15) is 0 Å². The van der Waals surface area contributed by atoms with Crippen LogP contribution in [0, 0.1) is 0 Å². The van der Waals surface area contributed by atoms with E-state index in [1.807, 2.05) is 0 Å². The van der Waals surface area contributed by atoms with Crippen LogP contribution in [0.15, 0.2) is 0 Å². The van der Waals surface area contributed by atoms with Crippen LogP contribution in [-0.2, 0) is 4.79 Å². The fourth-order valence-electron chi connectivity index (χ4n) is 2.88. The van der Waals surface area contributed by atoms with Crippen LogP contribution < -0.4 is 0 Å². The summed E-state index contributed by atoms with van der Waals surface area (Å²) < 4.78 is 0. The standard InChI is InChI=1S/C20H40O2/c1-3-5-7-9-11-13-15-17-19(21)20(22)18-16-14-12-10-8-6-4-2/h19,21H,3-18H2,1-2H3/t19-/m1/s1. The molecule has 0 aliphatic rings. The van der Waals surface area contributed by atoms with Gasteiger partial charge in [0.05, 0.1) is 0 Å². The van der Waals surface area contributed by atoms with Gasteiger partial charge in [0.1, 0.15) is 6.10 Å². The highest BCUT2D eigenvalue weighted by atomic mass is 16.3. The molecular formula is C20H40O2. The van der Waals surface area contributed by atoms with Gasteiger partial charge < -0.3 is 5.11 Å². The van der Waals surface area contributed by atoms with Crippen molar-refractivity contribution >= 4 is 5.78 Å². The Bertz CT molecular complexity index is 238. The summed E-state index contributed by atoms with van der Waals surface area (Å²) in [4.78, 5) is 11.8. The Labute approximate surface area is 139 Å². The van der Waals surface area contributed by atoms with Crippen LogP contribution in [-0.4, -0.2) is 17.0 Å². The van der Waals surface area contributed by atoms with E-state index in [1.54, 1.807) is 0 Å². The highest BCUT2D eigenvalue weighted by molar-refractivity contribution is 5.82. The molecular weight excluding hydrogens is 272 g/mol. The number of unbranched alkanes of at least 4 members (excludes halogenated alkanes) is 12. The maximum Gasteiger partial charge on any atom is 0.161 e. The zero-order valence-electron chi connectivity index (χ0n) is 15.2. The molecule has 0 fully saturated rings. The highest BCUT2D eigenvalue weighted by Gasteiger charge is 2.13. The van der Waals surface area contributed by atoms with Gasteiger partial charge in [-0.3, -0.25) is 4.79 Å². The van der Waals surface area contributed by atoms with Gasteiger partial charge in [0.25, 0.3) is 0 Å². The van der Waals surface area contributed by atoms with E-state index in [0.717, 1.165) is 25.7 Å². The lowest BCUT2D eigenvalue weighted by Gasteiger charge is -2.09. The Morgan fingerprint density at radius 1 is 0.682 bits per heavy atom. The van der Waals surface area contributed by atoms with E-state index in [0.29, 0.717) is 12.8 Å². The van der Waals surface area contributed by atoms with Crippen molar-refractivity contribution in [1.29, 1.82) is 0 Å². The highest BCUT2D eigenvalue weighted by Crippen LogP contribution is 2.13. The number of aliphatic hydroxyl groups is 1. The Hall–Kier alpha value is -0.370. The van der Waals surface area contributed by atoms with Crippen molar-refractivity contribution in [2.24, 2.45) is 0 Å². The first-order valence-electron chi connectivity index (χ1n) is 9.93. The third kappa shape index (κ3) is 14.6. The van der Waals surface area contributed by atoms with Crippen LogP contribution >= 0.6 is 0 Å². The molecule has 2 nitrogen and oxygen atoms in total. The molecule has 0 aromatic rings. The maximum absolute atomic E-state index is 11.8. The number of hydrogen-bond acceptors (Lipinski definition) is 2. The van der Waals surface area contributed by atoms with Gasteiger partial charge in [-0.25, -0.2) is 0 Å². The molecule has 22 heavy (non-hydrogen) atoms. The molecule has 1 atom stereocenters. The first kappa shape index (κ1) is 21.6. The van der Waals surface area contributed by atoms with E-state index in [-0.39, 0.29) is 5.78 Å². The van der Waals surface area contributed by atoms with Gasteiger partial charge in [0, 0.05) is 6.42 Å². The van der Waals surface area contributed by atoms with E-state index < -0.39 is 6.10 Å². The fourth-order valence-corrected chi connectivity index (χ4v) is 2.88. The predicted molar refractivity (Wildman–Crippen MR) is 96.2 cm³/mol. The second-order valence-corrected chi connectivity index (χ2v) is 6.76. The van der Waals surface area contributed by atoms with Gasteiger partial charge in [-0.1, -0.05) is 97.3 Å². The number of carbonyl (C=O) groups excluding carboxylic acids is 1. The number of aliphatic hydroxyl groups excluding tert-OH is 1. The van der Waals surface area contributed by atoms with Crippen molar-refractivity contribution in [3.8, 4) is 0 Å². The maximum atomic E-state index is 11.8. The van der Waals surface area contributed by atoms with Crippen molar-refractivity contribution in [2.75, 3.05) is 0 Å². The molecule has 0 unspecified atom stereocenters. The van der Waals surface area contributed by atoms with Gasteiger partial charge in [-0.05, 0) is 12.8 Å². The minimum atomic E-state index is -0.698. The summed E-state index contributed by atoms with van der Waals surface area (Å²) in [7, 11) is 0. The lowest BCUT2D eigenvalue weighted by Crippen LogP contribution is -2.19. The Kier molecular flexibility index (Phi) is 16.7. The predicted octanol–water partition coefficient (Wildman–Crippen LogP) is 6.20. The molecule has 0 aliphatic heterocycles. The van der Waals surface area contributed by atoms with E-state index in [4.69, 9.17) is 0 Å². The summed E-state index contributed by atoms with van der Waals surface area (Å²) >= 11 is 0. The lowest BCUT2D eigenvalue weighted by molar-refractivity contribution is -0.127. The number of ketones is 1. The average Bonchev–Trinajstić information content (AvgIpc) is 2.52. The third-order valence-corrected chi connectivity index (χ3v) is 4.48. The minimum absolute atomic E-state index is 0.0690. The lowest BCUT2D eigenvalue weighted by atomic mass is 10.0. The molecule has 2 heteroatoms. The normalized spacial score (nSPS) is 12.5. The smallest absolute Gasteiger partial charge is 0.161 e. The van der Waals surface area contributed by atoms with Crippen LogP contribution in [0.1, 0.15) is 117 Å². The molecule has 0 saturated heterocycles. The molecule has 0 spiro atoms. The van der Waals surface area contributed by atoms with Crippen LogP contribution in [0.4, 0.5) is 0 Å². The second kappa shape index (κ2) is 17.0. The molecule has 0 aromatic carbocycles. The number of Topliss-reactive ketones (excluding diaryl/α,β-unsaturated/α-hetero) is 1.